The van der Waals surface area contributed by atoms with Crippen LogP contribution >= 0.6 is 0 Å². The molecule has 0 fully saturated rings. The average molecular weight is 402 g/mol. The maximum atomic E-state index is 13.1. The zero-order chi connectivity index (χ0) is 21.3. The minimum atomic E-state index is -0.470. The van der Waals surface area contributed by atoms with Crippen molar-refractivity contribution >= 4 is 11.6 Å². The smallest absolute Gasteiger partial charge is 0.337 e. The van der Waals surface area contributed by atoms with E-state index in [1.54, 1.807) is 18.5 Å². The van der Waals surface area contributed by atoms with Crippen LogP contribution in [0.2, 0.25) is 0 Å². The van der Waals surface area contributed by atoms with E-state index < -0.39 is 5.69 Å². The fourth-order valence-electron chi connectivity index (χ4n) is 3.62. The summed E-state index contributed by atoms with van der Waals surface area (Å²) in [6.45, 7) is 2.22. The predicted octanol–water partition coefficient (Wildman–Crippen LogP) is 2.09. The summed E-state index contributed by atoms with van der Waals surface area (Å²) >= 11 is 0. The van der Waals surface area contributed by atoms with Crippen LogP contribution in [0.25, 0.3) is 5.65 Å². The SMILES string of the molecule is Cc1c(=O)n(Cc2ccccc2)c(=O)n2cc(C(=O)NCc3ccccc3)n(C)c12. The van der Waals surface area contributed by atoms with Gasteiger partial charge in [0.25, 0.3) is 11.5 Å². The van der Waals surface area contributed by atoms with Crippen molar-refractivity contribution in [2.45, 2.75) is 20.0 Å². The van der Waals surface area contributed by atoms with Gasteiger partial charge in [-0.25, -0.2) is 4.79 Å². The topological polar surface area (TPSA) is 77.5 Å². The van der Waals surface area contributed by atoms with Crippen molar-refractivity contribution in [1.82, 2.24) is 18.9 Å². The maximum Gasteiger partial charge on any atom is 0.337 e. The highest BCUT2D eigenvalue weighted by Gasteiger charge is 2.20. The zero-order valence-electron chi connectivity index (χ0n) is 16.8. The number of rotatable bonds is 5. The number of aromatic nitrogens is 3. The van der Waals surface area contributed by atoms with Crippen molar-refractivity contribution in [2.24, 2.45) is 7.05 Å². The van der Waals surface area contributed by atoms with Crippen LogP contribution in [0.4, 0.5) is 0 Å². The number of nitrogens with one attached hydrogen (secondary N) is 1. The van der Waals surface area contributed by atoms with Crippen LogP contribution in [0.15, 0.2) is 76.4 Å². The second kappa shape index (κ2) is 7.87. The first-order valence-electron chi connectivity index (χ1n) is 9.65. The van der Waals surface area contributed by atoms with E-state index in [1.807, 2.05) is 60.7 Å². The van der Waals surface area contributed by atoms with Crippen molar-refractivity contribution in [3.63, 3.8) is 0 Å². The van der Waals surface area contributed by atoms with Crippen LogP contribution in [0.3, 0.4) is 0 Å². The van der Waals surface area contributed by atoms with E-state index in [1.165, 1.54) is 15.2 Å². The number of benzene rings is 2. The van der Waals surface area contributed by atoms with E-state index in [9.17, 15) is 14.4 Å². The highest BCUT2D eigenvalue weighted by atomic mass is 16.2. The lowest BCUT2D eigenvalue weighted by Gasteiger charge is -2.09. The van der Waals surface area contributed by atoms with E-state index in [4.69, 9.17) is 0 Å². The minimum absolute atomic E-state index is 0.173. The first kappa shape index (κ1) is 19.4. The van der Waals surface area contributed by atoms with Crippen LogP contribution < -0.4 is 16.6 Å². The molecule has 4 aromatic rings. The Labute approximate surface area is 172 Å². The third kappa shape index (κ3) is 3.45. The summed E-state index contributed by atoms with van der Waals surface area (Å²) in [5.74, 6) is -0.314. The Morgan fingerprint density at radius 1 is 0.933 bits per heavy atom. The summed E-state index contributed by atoms with van der Waals surface area (Å²) in [7, 11) is 1.68. The molecule has 0 spiro atoms. The molecule has 0 aliphatic carbocycles. The molecule has 2 aromatic heterocycles. The van der Waals surface area contributed by atoms with Gasteiger partial charge in [-0.15, -0.1) is 0 Å². The molecule has 152 valence electrons. The van der Waals surface area contributed by atoms with Crippen molar-refractivity contribution in [2.75, 3.05) is 0 Å². The van der Waals surface area contributed by atoms with Gasteiger partial charge in [0.1, 0.15) is 11.3 Å². The highest BCUT2D eigenvalue weighted by Crippen LogP contribution is 2.11. The van der Waals surface area contributed by atoms with Gasteiger partial charge < -0.3 is 9.88 Å². The molecule has 2 heterocycles. The average Bonchev–Trinajstić information content (AvgIpc) is 3.12. The molecule has 7 heteroatoms. The summed E-state index contributed by atoms with van der Waals surface area (Å²) in [5, 5.41) is 2.86. The van der Waals surface area contributed by atoms with Crippen LogP contribution in [-0.2, 0) is 20.1 Å². The molecule has 2 aromatic carbocycles. The Bertz CT molecular complexity index is 1330. The normalized spacial score (nSPS) is 11.0. The Hall–Kier alpha value is -3.87. The Morgan fingerprint density at radius 3 is 2.17 bits per heavy atom. The van der Waals surface area contributed by atoms with Gasteiger partial charge in [-0.05, 0) is 18.1 Å². The van der Waals surface area contributed by atoms with Crippen LogP contribution in [-0.4, -0.2) is 19.4 Å². The standard InChI is InChI=1S/C23H22N4O3/c1-16-21-25(2)19(20(28)24-13-17-9-5-3-6-10-17)15-26(21)23(30)27(22(16)29)14-18-11-7-4-8-12-18/h3-12,15H,13-14H2,1-2H3,(H,24,28). The number of fused-ring (bicyclic) bond motifs is 1. The molecule has 7 nitrogen and oxygen atoms in total. The maximum absolute atomic E-state index is 13.1. The monoisotopic (exact) mass is 402 g/mol. The van der Waals surface area contributed by atoms with Crippen molar-refractivity contribution in [1.29, 1.82) is 0 Å². The summed E-state index contributed by atoms with van der Waals surface area (Å²) < 4.78 is 4.16. The largest absolute Gasteiger partial charge is 0.347 e. The van der Waals surface area contributed by atoms with Crippen LogP contribution in [0, 0.1) is 6.92 Å². The molecule has 0 saturated carbocycles. The summed E-state index contributed by atoms with van der Waals surface area (Å²) in [6, 6.07) is 18.9. The lowest BCUT2D eigenvalue weighted by molar-refractivity contribution is 0.0943. The molecular weight excluding hydrogens is 380 g/mol. The fourth-order valence-corrected chi connectivity index (χ4v) is 3.62. The van der Waals surface area contributed by atoms with E-state index in [-0.39, 0.29) is 18.0 Å². The number of aryl methyl sites for hydroxylation is 2. The molecule has 0 aliphatic heterocycles. The van der Waals surface area contributed by atoms with Crippen molar-refractivity contribution < 1.29 is 4.79 Å². The van der Waals surface area contributed by atoms with Gasteiger partial charge in [-0.2, -0.15) is 0 Å². The van der Waals surface area contributed by atoms with Gasteiger partial charge in [0, 0.05) is 19.8 Å². The third-order valence-electron chi connectivity index (χ3n) is 5.21. The van der Waals surface area contributed by atoms with Crippen molar-refractivity contribution in [3.05, 3.63) is 110 Å². The molecular formula is C23H22N4O3. The number of nitrogens with zero attached hydrogens (tertiary/aromatic N) is 3. The number of hydrogen-bond acceptors (Lipinski definition) is 3. The van der Waals surface area contributed by atoms with Gasteiger partial charge in [-0.3, -0.25) is 18.6 Å². The lowest BCUT2D eigenvalue weighted by Crippen LogP contribution is -2.39. The molecule has 0 saturated heterocycles. The second-order valence-electron chi connectivity index (χ2n) is 7.22. The number of amides is 1. The zero-order valence-corrected chi connectivity index (χ0v) is 16.8. The van der Waals surface area contributed by atoms with Crippen molar-refractivity contribution in [3.8, 4) is 0 Å². The quantitative estimate of drug-likeness (QED) is 0.555. The second-order valence-corrected chi connectivity index (χ2v) is 7.22. The molecule has 0 radical (unpaired) electrons. The summed E-state index contributed by atoms with van der Waals surface area (Å²) in [5.41, 5.74) is 2.13. The number of hydrogen-bond donors (Lipinski definition) is 1. The molecule has 30 heavy (non-hydrogen) atoms. The van der Waals surface area contributed by atoms with Gasteiger partial charge in [0.15, 0.2) is 0 Å². The van der Waals surface area contributed by atoms with E-state index in [0.717, 1.165) is 11.1 Å². The molecule has 1 N–H and O–H groups in total. The molecule has 0 atom stereocenters. The minimum Gasteiger partial charge on any atom is -0.347 e. The number of carbonyl (C=O) groups excluding carboxylic acids is 1. The van der Waals surface area contributed by atoms with E-state index in [0.29, 0.717) is 23.4 Å². The third-order valence-corrected chi connectivity index (χ3v) is 5.21. The van der Waals surface area contributed by atoms with Gasteiger partial charge in [0.05, 0.1) is 12.1 Å². The van der Waals surface area contributed by atoms with Gasteiger partial charge in [0.2, 0.25) is 0 Å². The van der Waals surface area contributed by atoms with Gasteiger partial charge in [-0.1, -0.05) is 60.7 Å². The number of imidazole rings is 1. The Kier molecular flexibility index (Phi) is 5.10. The summed E-state index contributed by atoms with van der Waals surface area (Å²) in [6.07, 6.45) is 1.49. The molecule has 1 amide bonds. The molecule has 0 aliphatic rings. The first-order valence-corrected chi connectivity index (χ1v) is 9.65. The van der Waals surface area contributed by atoms with Crippen LogP contribution in [0.1, 0.15) is 27.2 Å². The van der Waals surface area contributed by atoms with E-state index >= 15 is 0 Å². The number of carbonyl (C=O) groups is 1. The highest BCUT2D eigenvalue weighted by molar-refractivity contribution is 5.93. The van der Waals surface area contributed by atoms with Crippen LogP contribution in [0.5, 0.6) is 0 Å². The lowest BCUT2D eigenvalue weighted by atomic mass is 10.2. The van der Waals surface area contributed by atoms with E-state index in [2.05, 4.69) is 5.32 Å². The summed E-state index contributed by atoms with van der Waals surface area (Å²) in [4.78, 5) is 38.7. The first-order chi connectivity index (χ1) is 14.5. The predicted molar refractivity (Wildman–Crippen MR) is 115 cm³/mol. The Morgan fingerprint density at radius 2 is 1.53 bits per heavy atom. The fraction of sp³-hybridized carbons (Fsp3) is 0.174. The molecule has 0 bridgehead atoms. The van der Waals surface area contributed by atoms with Gasteiger partial charge >= 0.3 is 5.69 Å². The Balaban J connectivity index is 1.73. The molecule has 0 unspecified atom stereocenters. The molecule has 4 rings (SSSR count).